The third kappa shape index (κ3) is 4.38. The van der Waals surface area contributed by atoms with E-state index in [4.69, 9.17) is 18.0 Å². The minimum absolute atomic E-state index is 0.0303. The van der Waals surface area contributed by atoms with E-state index in [9.17, 15) is 9.90 Å². The van der Waals surface area contributed by atoms with Gasteiger partial charge in [-0.3, -0.25) is 4.79 Å². The van der Waals surface area contributed by atoms with Crippen LogP contribution in [0.1, 0.15) is 29.6 Å². The number of amides is 1. The maximum Gasteiger partial charge on any atom is 0.251 e. The summed E-state index contributed by atoms with van der Waals surface area (Å²) in [5, 5.41) is 12.1. The molecule has 0 aliphatic heterocycles. The number of unbranched alkanes of at least 4 members (excludes halogenated alkanes) is 2. The Kier molecular flexibility index (Phi) is 5.38. The first-order valence-corrected chi connectivity index (χ1v) is 5.73. The van der Waals surface area contributed by atoms with E-state index in [2.05, 4.69) is 11.2 Å². The number of terminal acetylenes is 1. The average Bonchev–Trinajstić information content (AvgIpc) is 2.32. The molecule has 2 N–H and O–H groups in total. The number of hydrogen-bond donors (Lipinski definition) is 2. The van der Waals surface area contributed by atoms with Crippen molar-refractivity contribution in [2.75, 3.05) is 6.54 Å². The fourth-order valence-electron chi connectivity index (χ4n) is 1.30. The van der Waals surface area contributed by atoms with Gasteiger partial charge in [0.1, 0.15) is 5.75 Å². The maximum absolute atomic E-state index is 11.6. The lowest BCUT2D eigenvalue weighted by Crippen LogP contribution is -2.24. The third-order valence-electron chi connectivity index (χ3n) is 2.24. The highest BCUT2D eigenvalue weighted by Crippen LogP contribution is 2.23. The summed E-state index contributed by atoms with van der Waals surface area (Å²) < 4.78 is 0. The molecule has 0 bridgehead atoms. The Balaban J connectivity index is 2.42. The van der Waals surface area contributed by atoms with Gasteiger partial charge in [-0.1, -0.05) is 11.6 Å². The van der Waals surface area contributed by atoms with Crippen molar-refractivity contribution in [2.45, 2.75) is 19.3 Å². The summed E-state index contributed by atoms with van der Waals surface area (Å²) in [5.41, 5.74) is 0.435. The van der Waals surface area contributed by atoms with E-state index in [-0.39, 0.29) is 16.7 Å². The number of phenolic OH excluding ortho intramolecular Hbond substituents is 1. The Labute approximate surface area is 106 Å². The molecule has 90 valence electrons. The molecule has 0 atom stereocenters. The van der Waals surface area contributed by atoms with Gasteiger partial charge in [-0.2, -0.15) is 0 Å². The highest BCUT2D eigenvalue weighted by molar-refractivity contribution is 6.32. The molecule has 3 nitrogen and oxygen atoms in total. The van der Waals surface area contributed by atoms with Crippen LogP contribution in [0.5, 0.6) is 5.75 Å². The van der Waals surface area contributed by atoms with Gasteiger partial charge < -0.3 is 10.4 Å². The van der Waals surface area contributed by atoms with E-state index in [0.29, 0.717) is 12.1 Å². The molecule has 0 aliphatic carbocycles. The normalized spacial score (nSPS) is 9.65. The van der Waals surface area contributed by atoms with Crippen molar-refractivity contribution in [3.8, 4) is 18.1 Å². The topological polar surface area (TPSA) is 49.3 Å². The first-order valence-electron chi connectivity index (χ1n) is 5.35. The van der Waals surface area contributed by atoms with Crippen LogP contribution in [0.25, 0.3) is 0 Å². The number of hydrogen-bond acceptors (Lipinski definition) is 2. The molecule has 0 aromatic heterocycles. The number of carbonyl (C=O) groups excluding carboxylic acids is 1. The van der Waals surface area contributed by atoms with Crippen LogP contribution in [0.4, 0.5) is 0 Å². The number of nitrogens with one attached hydrogen (secondary N) is 1. The fourth-order valence-corrected chi connectivity index (χ4v) is 1.48. The molecule has 0 radical (unpaired) electrons. The Morgan fingerprint density at radius 3 is 2.88 bits per heavy atom. The van der Waals surface area contributed by atoms with Gasteiger partial charge in [-0.05, 0) is 31.0 Å². The lowest BCUT2D eigenvalue weighted by Gasteiger charge is -2.05. The minimum atomic E-state index is -0.201. The number of carbonyl (C=O) groups is 1. The standard InChI is InChI=1S/C13H14ClNO2/c1-2-3-4-5-8-15-13(17)10-6-7-12(16)11(14)9-10/h1,6-7,9,16H,3-5,8H2,(H,15,17). The van der Waals surface area contributed by atoms with Gasteiger partial charge in [-0.25, -0.2) is 0 Å². The molecule has 0 unspecified atom stereocenters. The summed E-state index contributed by atoms with van der Waals surface area (Å²) >= 11 is 5.71. The lowest BCUT2D eigenvalue weighted by atomic mass is 10.2. The van der Waals surface area contributed by atoms with Crippen LogP contribution >= 0.6 is 11.6 Å². The summed E-state index contributed by atoms with van der Waals surface area (Å²) in [7, 11) is 0. The first-order chi connectivity index (χ1) is 8.15. The largest absolute Gasteiger partial charge is 0.506 e. The molecule has 0 fully saturated rings. The predicted octanol–water partition coefficient (Wildman–Crippen LogP) is 2.58. The van der Waals surface area contributed by atoms with Crippen LogP contribution in [0.2, 0.25) is 5.02 Å². The lowest BCUT2D eigenvalue weighted by molar-refractivity contribution is 0.0953. The average molecular weight is 252 g/mol. The van der Waals surface area contributed by atoms with Gasteiger partial charge in [0.15, 0.2) is 0 Å². The van der Waals surface area contributed by atoms with E-state index >= 15 is 0 Å². The van der Waals surface area contributed by atoms with Gasteiger partial charge in [-0.15, -0.1) is 12.3 Å². The summed E-state index contributed by atoms with van der Waals surface area (Å²) in [6.45, 7) is 0.582. The second kappa shape index (κ2) is 6.82. The molecule has 0 heterocycles. The molecule has 0 saturated heterocycles. The quantitative estimate of drug-likeness (QED) is 0.624. The Bertz CT molecular complexity index is 438. The zero-order valence-corrected chi connectivity index (χ0v) is 10.1. The number of phenols is 1. The SMILES string of the molecule is C#CCCCCNC(=O)c1ccc(O)c(Cl)c1. The molecule has 1 rings (SSSR count). The second-order valence-corrected chi connectivity index (χ2v) is 3.99. The van der Waals surface area contributed by atoms with E-state index in [1.807, 2.05) is 0 Å². The Morgan fingerprint density at radius 2 is 2.24 bits per heavy atom. The molecular weight excluding hydrogens is 238 g/mol. The van der Waals surface area contributed by atoms with Crippen molar-refractivity contribution in [2.24, 2.45) is 0 Å². The smallest absolute Gasteiger partial charge is 0.251 e. The number of benzene rings is 1. The summed E-state index contributed by atoms with van der Waals surface area (Å²) in [5.74, 6) is 2.31. The van der Waals surface area contributed by atoms with Crippen molar-refractivity contribution >= 4 is 17.5 Å². The van der Waals surface area contributed by atoms with Gasteiger partial charge in [0.25, 0.3) is 5.91 Å². The van der Waals surface area contributed by atoms with Gasteiger partial charge in [0.2, 0.25) is 0 Å². The van der Waals surface area contributed by atoms with E-state index < -0.39 is 0 Å². The van der Waals surface area contributed by atoms with Crippen molar-refractivity contribution in [1.29, 1.82) is 0 Å². The van der Waals surface area contributed by atoms with Crippen molar-refractivity contribution in [3.05, 3.63) is 28.8 Å². The van der Waals surface area contributed by atoms with Crippen LogP contribution in [0.15, 0.2) is 18.2 Å². The number of rotatable bonds is 5. The van der Waals surface area contributed by atoms with E-state index in [1.165, 1.54) is 18.2 Å². The van der Waals surface area contributed by atoms with Crippen LogP contribution in [0, 0.1) is 12.3 Å². The van der Waals surface area contributed by atoms with Gasteiger partial charge in [0, 0.05) is 18.5 Å². The molecule has 0 spiro atoms. The molecule has 1 amide bonds. The Hall–Kier alpha value is -1.66. The highest BCUT2D eigenvalue weighted by atomic mass is 35.5. The van der Waals surface area contributed by atoms with Crippen molar-refractivity contribution < 1.29 is 9.90 Å². The van der Waals surface area contributed by atoms with Crippen molar-refractivity contribution in [3.63, 3.8) is 0 Å². The zero-order chi connectivity index (χ0) is 12.7. The molecule has 0 aliphatic rings. The monoisotopic (exact) mass is 251 g/mol. The molecule has 4 heteroatoms. The van der Waals surface area contributed by atoms with Crippen LogP contribution in [-0.4, -0.2) is 17.6 Å². The first kappa shape index (κ1) is 13.4. The second-order valence-electron chi connectivity index (χ2n) is 3.58. The van der Waals surface area contributed by atoms with E-state index in [1.54, 1.807) is 0 Å². The third-order valence-corrected chi connectivity index (χ3v) is 2.55. The summed E-state index contributed by atoms with van der Waals surface area (Å²) in [4.78, 5) is 11.6. The highest BCUT2D eigenvalue weighted by Gasteiger charge is 2.07. The maximum atomic E-state index is 11.6. The van der Waals surface area contributed by atoms with E-state index in [0.717, 1.165) is 19.3 Å². The summed E-state index contributed by atoms with van der Waals surface area (Å²) in [6.07, 6.45) is 7.58. The predicted molar refractivity (Wildman–Crippen MR) is 68.1 cm³/mol. The van der Waals surface area contributed by atoms with Crippen LogP contribution < -0.4 is 5.32 Å². The van der Waals surface area contributed by atoms with Crippen molar-refractivity contribution in [1.82, 2.24) is 5.32 Å². The molecule has 1 aromatic carbocycles. The number of halogens is 1. The minimum Gasteiger partial charge on any atom is -0.506 e. The molecule has 0 saturated carbocycles. The van der Waals surface area contributed by atoms with Gasteiger partial charge in [0.05, 0.1) is 5.02 Å². The molecule has 1 aromatic rings. The van der Waals surface area contributed by atoms with Gasteiger partial charge >= 0.3 is 0 Å². The zero-order valence-electron chi connectivity index (χ0n) is 9.37. The van der Waals surface area contributed by atoms with Crippen LogP contribution in [-0.2, 0) is 0 Å². The molecular formula is C13H14ClNO2. The van der Waals surface area contributed by atoms with Crippen LogP contribution in [0.3, 0.4) is 0 Å². The summed E-state index contributed by atoms with van der Waals surface area (Å²) in [6, 6.07) is 4.36. The number of aromatic hydroxyl groups is 1. The fraction of sp³-hybridized carbons (Fsp3) is 0.308. The molecule has 17 heavy (non-hydrogen) atoms. The Morgan fingerprint density at radius 1 is 1.47 bits per heavy atom.